The van der Waals surface area contributed by atoms with Crippen molar-refractivity contribution in [3.8, 4) is 11.1 Å². The first-order valence-electron chi connectivity index (χ1n) is 10.9. The molecular formula is C27H31FN2. The SMILES string of the molecule is CC(C)c1ccccc1-c1ccccc1CN1CCN(C)CC1c1ccc(F)cc1. The van der Waals surface area contributed by atoms with Gasteiger partial charge in [-0.25, -0.2) is 4.39 Å². The van der Waals surface area contributed by atoms with Crippen molar-refractivity contribution in [2.45, 2.75) is 32.4 Å². The van der Waals surface area contributed by atoms with Gasteiger partial charge < -0.3 is 4.90 Å². The zero-order valence-electron chi connectivity index (χ0n) is 18.2. The fourth-order valence-corrected chi connectivity index (χ4v) is 4.53. The number of nitrogens with zero attached hydrogens (tertiary/aromatic N) is 2. The molecule has 0 bridgehead atoms. The lowest BCUT2D eigenvalue weighted by atomic mass is 9.90. The molecule has 3 aromatic carbocycles. The molecule has 0 saturated carbocycles. The summed E-state index contributed by atoms with van der Waals surface area (Å²) in [5, 5.41) is 0. The molecule has 30 heavy (non-hydrogen) atoms. The zero-order valence-corrected chi connectivity index (χ0v) is 18.2. The summed E-state index contributed by atoms with van der Waals surface area (Å²) in [5.41, 5.74) is 6.57. The third kappa shape index (κ3) is 4.48. The van der Waals surface area contributed by atoms with Crippen molar-refractivity contribution in [1.82, 2.24) is 9.80 Å². The highest BCUT2D eigenvalue weighted by molar-refractivity contribution is 5.71. The first kappa shape index (κ1) is 20.8. The Morgan fingerprint density at radius 3 is 2.27 bits per heavy atom. The number of hydrogen-bond acceptors (Lipinski definition) is 2. The Bertz CT molecular complexity index is 980. The summed E-state index contributed by atoms with van der Waals surface area (Å²) in [5.74, 6) is 0.301. The monoisotopic (exact) mass is 402 g/mol. The Labute approximate surface area is 180 Å². The lowest BCUT2D eigenvalue weighted by Crippen LogP contribution is -2.46. The highest BCUT2D eigenvalue weighted by atomic mass is 19.1. The van der Waals surface area contributed by atoms with Crippen LogP contribution in [0, 0.1) is 5.82 Å². The van der Waals surface area contributed by atoms with Gasteiger partial charge in [-0.2, -0.15) is 0 Å². The van der Waals surface area contributed by atoms with Crippen molar-refractivity contribution in [3.05, 3.63) is 95.3 Å². The standard InChI is InChI=1S/C27H31FN2/c1-20(2)24-9-6-7-11-26(24)25-10-5-4-8-22(25)18-30-17-16-29(3)19-27(30)21-12-14-23(28)15-13-21/h4-15,20,27H,16-19H2,1-3H3. The van der Waals surface area contributed by atoms with Gasteiger partial charge in [0, 0.05) is 32.2 Å². The second-order valence-electron chi connectivity index (χ2n) is 8.70. The van der Waals surface area contributed by atoms with E-state index in [0.29, 0.717) is 5.92 Å². The first-order chi connectivity index (χ1) is 14.5. The second-order valence-corrected chi connectivity index (χ2v) is 8.70. The third-order valence-electron chi connectivity index (χ3n) is 6.21. The summed E-state index contributed by atoms with van der Waals surface area (Å²) in [6.45, 7) is 8.40. The van der Waals surface area contributed by atoms with Gasteiger partial charge in [-0.3, -0.25) is 4.90 Å². The first-order valence-corrected chi connectivity index (χ1v) is 10.9. The van der Waals surface area contributed by atoms with E-state index in [1.165, 1.54) is 27.8 Å². The molecule has 0 spiro atoms. The van der Waals surface area contributed by atoms with Gasteiger partial charge in [0.15, 0.2) is 0 Å². The summed E-state index contributed by atoms with van der Waals surface area (Å²) < 4.78 is 13.5. The van der Waals surface area contributed by atoms with E-state index < -0.39 is 0 Å². The molecule has 0 aromatic heterocycles. The molecule has 1 atom stereocenters. The molecule has 1 saturated heterocycles. The molecule has 1 aliphatic rings. The zero-order chi connectivity index (χ0) is 21.1. The molecule has 3 aromatic rings. The van der Waals surface area contributed by atoms with Crippen LogP contribution in [0.25, 0.3) is 11.1 Å². The van der Waals surface area contributed by atoms with Crippen LogP contribution in [-0.4, -0.2) is 36.5 Å². The number of benzene rings is 3. The predicted octanol–water partition coefficient (Wildman–Crippen LogP) is 6.10. The van der Waals surface area contributed by atoms with E-state index in [1.54, 1.807) is 12.1 Å². The molecule has 1 fully saturated rings. The summed E-state index contributed by atoms with van der Waals surface area (Å²) in [7, 11) is 2.17. The highest BCUT2D eigenvalue weighted by Crippen LogP contribution is 2.34. The number of hydrogen-bond donors (Lipinski definition) is 0. The number of likely N-dealkylation sites (N-methyl/N-ethyl adjacent to an activating group) is 1. The molecule has 4 rings (SSSR count). The van der Waals surface area contributed by atoms with Gasteiger partial charge >= 0.3 is 0 Å². The lowest BCUT2D eigenvalue weighted by molar-refractivity contribution is 0.0835. The van der Waals surface area contributed by atoms with E-state index >= 15 is 0 Å². The molecule has 1 unspecified atom stereocenters. The van der Waals surface area contributed by atoms with Gasteiger partial charge in [-0.05, 0) is 52.9 Å². The van der Waals surface area contributed by atoms with E-state index in [9.17, 15) is 4.39 Å². The van der Waals surface area contributed by atoms with Crippen LogP contribution in [0.2, 0.25) is 0 Å². The van der Waals surface area contributed by atoms with Crippen LogP contribution in [0.15, 0.2) is 72.8 Å². The third-order valence-corrected chi connectivity index (χ3v) is 6.21. The van der Waals surface area contributed by atoms with Crippen LogP contribution in [0.3, 0.4) is 0 Å². The largest absolute Gasteiger partial charge is 0.303 e. The summed E-state index contributed by atoms with van der Waals surface area (Å²) in [4.78, 5) is 4.91. The molecule has 156 valence electrons. The molecule has 0 radical (unpaired) electrons. The Kier molecular flexibility index (Phi) is 6.31. The minimum absolute atomic E-state index is 0.176. The van der Waals surface area contributed by atoms with Crippen molar-refractivity contribution in [2.75, 3.05) is 26.7 Å². The number of rotatable bonds is 5. The number of piperazine rings is 1. The topological polar surface area (TPSA) is 6.48 Å². The van der Waals surface area contributed by atoms with E-state index in [2.05, 4.69) is 79.2 Å². The smallest absolute Gasteiger partial charge is 0.123 e. The van der Waals surface area contributed by atoms with Crippen molar-refractivity contribution >= 4 is 0 Å². The average Bonchev–Trinajstić information content (AvgIpc) is 2.76. The van der Waals surface area contributed by atoms with Crippen LogP contribution < -0.4 is 0 Å². The van der Waals surface area contributed by atoms with Crippen molar-refractivity contribution in [1.29, 1.82) is 0 Å². The van der Waals surface area contributed by atoms with E-state index in [1.807, 2.05) is 12.1 Å². The van der Waals surface area contributed by atoms with Gasteiger partial charge in [0.25, 0.3) is 0 Å². The molecule has 0 amide bonds. The minimum atomic E-state index is -0.176. The Balaban J connectivity index is 1.68. The van der Waals surface area contributed by atoms with E-state index in [0.717, 1.165) is 26.2 Å². The highest BCUT2D eigenvalue weighted by Gasteiger charge is 2.27. The van der Waals surface area contributed by atoms with Crippen LogP contribution in [0.5, 0.6) is 0 Å². The number of halogens is 1. The van der Waals surface area contributed by atoms with Crippen LogP contribution in [0.4, 0.5) is 4.39 Å². The van der Waals surface area contributed by atoms with Gasteiger partial charge in [-0.1, -0.05) is 74.5 Å². The van der Waals surface area contributed by atoms with Crippen LogP contribution in [0.1, 0.15) is 42.5 Å². The Morgan fingerprint density at radius 2 is 1.53 bits per heavy atom. The Hall–Kier alpha value is -2.49. The van der Waals surface area contributed by atoms with Crippen molar-refractivity contribution in [3.63, 3.8) is 0 Å². The van der Waals surface area contributed by atoms with Crippen molar-refractivity contribution < 1.29 is 4.39 Å². The molecule has 3 heteroatoms. The van der Waals surface area contributed by atoms with Crippen LogP contribution >= 0.6 is 0 Å². The maximum atomic E-state index is 13.5. The fourth-order valence-electron chi connectivity index (χ4n) is 4.53. The second kappa shape index (κ2) is 9.11. The van der Waals surface area contributed by atoms with E-state index in [-0.39, 0.29) is 11.9 Å². The summed E-state index contributed by atoms with van der Waals surface area (Å²) in [6.07, 6.45) is 0. The van der Waals surface area contributed by atoms with Gasteiger partial charge in [0.1, 0.15) is 5.82 Å². The molecule has 2 nitrogen and oxygen atoms in total. The van der Waals surface area contributed by atoms with Gasteiger partial charge in [0.2, 0.25) is 0 Å². The van der Waals surface area contributed by atoms with E-state index in [4.69, 9.17) is 0 Å². The van der Waals surface area contributed by atoms with Gasteiger partial charge in [-0.15, -0.1) is 0 Å². The lowest BCUT2D eigenvalue weighted by Gasteiger charge is -2.40. The maximum Gasteiger partial charge on any atom is 0.123 e. The van der Waals surface area contributed by atoms with Gasteiger partial charge in [0.05, 0.1) is 0 Å². The molecule has 1 heterocycles. The molecule has 0 N–H and O–H groups in total. The average molecular weight is 403 g/mol. The molecule has 1 aliphatic heterocycles. The van der Waals surface area contributed by atoms with Crippen LogP contribution in [-0.2, 0) is 6.54 Å². The maximum absolute atomic E-state index is 13.5. The minimum Gasteiger partial charge on any atom is -0.303 e. The normalized spacial score (nSPS) is 18.1. The predicted molar refractivity (Wildman–Crippen MR) is 123 cm³/mol. The quantitative estimate of drug-likeness (QED) is 0.508. The van der Waals surface area contributed by atoms with Crippen molar-refractivity contribution in [2.24, 2.45) is 0 Å². The Morgan fingerprint density at radius 1 is 0.867 bits per heavy atom. The summed E-state index contributed by atoms with van der Waals surface area (Å²) >= 11 is 0. The molecular weight excluding hydrogens is 371 g/mol. The fraction of sp³-hybridized carbons (Fsp3) is 0.333. The summed E-state index contributed by atoms with van der Waals surface area (Å²) in [6, 6.07) is 24.8. The molecule has 0 aliphatic carbocycles.